The fourth-order valence-electron chi connectivity index (χ4n) is 2.67. The van der Waals surface area contributed by atoms with Crippen LogP contribution in [0.15, 0.2) is 48.8 Å². The molecule has 0 bridgehead atoms. The Balaban J connectivity index is 2.05. The summed E-state index contributed by atoms with van der Waals surface area (Å²) in [4.78, 5) is 8.37. The highest BCUT2D eigenvalue weighted by atomic mass is 19.1. The van der Waals surface area contributed by atoms with Gasteiger partial charge in [0.05, 0.1) is 6.04 Å². The molecule has 1 N–H and O–H groups in total. The van der Waals surface area contributed by atoms with Crippen LogP contribution in [-0.2, 0) is 0 Å². The number of halogens is 1. The van der Waals surface area contributed by atoms with Crippen molar-refractivity contribution in [2.45, 2.75) is 26.3 Å². The quantitative estimate of drug-likeness (QED) is 0.762. The van der Waals surface area contributed by atoms with Crippen molar-refractivity contribution in [1.29, 1.82) is 0 Å². The molecule has 1 atom stereocenters. The molecule has 0 amide bonds. The first-order valence-corrected chi connectivity index (χ1v) is 7.41. The predicted octanol–water partition coefficient (Wildman–Crippen LogP) is 4.64. The summed E-state index contributed by atoms with van der Waals surface area (Å²) in [5.74, 6) is -0.291. The van der Waals surface area contributed by atoms with Gasteiger partial charge in [0.1, 0.15) is 11.3 Å². The van der Waals surface area contributed by atoms with E-state index in [1.807, 2.05) is 31.2 Å². The zero-order valence-corrected chi connectivity index (χ0v) is 12.7. The van der Waals surface area contributed by atoms with Crippen LogP contribution >= 0.6 is 0 Å². The molecule has 0 radical (unpaired) electrons. The Hall–Kier alpha value is -2.49. The lowest BCUT2D eigenvalue weighted by Gasteiger charge is -2.20. The van der Waals surface area contributed by atoms with Gasteiger partial charge in [0.15, 0.2) is 0 Å². The van der Waals surface area contributed by atoms with Crippen molar-refractivity contribution in [1.82, 2.24) is 9.97 Å². The molecule has 0 fully saturated rings. The molecule has 0 aliphatic heterocycles. The van der Waals surface area contributed by atoms with E-state index in [0.717, 1.165) is 28.8 Å². The first-order chi connectivity index (χ1) is 10.7. The van der Waals surface area contributed by atoms with Gasteiger partial charge in [-0.2, -0.15) is 0 Å². The number of hydrogen-bond acceptors (Lipinski definition) is 3. The highest BCUT2D eigenvalue weighted by Crippen LogP contribution is 2.29. The average molecular weight is 295 g/mol. The van der Waals surface area contributed by atoms with Crippen molar-refractivity contribution < 1.29 is 4.39 Å². The van der Waals surface area contributed by atoms with E-state index in [1.165, 1.54) is 6.07 Å². The summed E-state index contributed by atoms with van der Waals surface area (Å²) >= 11 is 0. The molecule has 3 aromatic rings. The Kier molecular flexibility index (Phi) is 4.00. The van der Waals surface area contributed by atoms with E-state index in [4.69, 9.17) is 0 Å². The number of aromatic nitrogens is 2. The van der Waals surface area contributed by atoms with Crippen LogP contribution in [0.2, 0.25) is 0 Å². The van der Waals surface area contributed by atoms with Crippen molar-refractivity contribution in [2.24, 2.45) is 0 Å². The van der Waals surface area contributed by atoms with Crippen molar-refractivity contribution >= 4 is 16.6 Å². The molecule has 3 nitrogen and oxygen atoms in total. The number of pyridine rings is 2. The van der Waals surface area contributed by atoms with Gasteiger partial charge >= 0.3 is 0 Å². The number of nitrogens with one attached hydrogen (secondary N) is 1. The summed E-state index contributed by atoms with van der Waals surface area (Å²) < 4.78 is 14.0. The Labute approximate surface area is 129 Å². The number of benzene rings is 1. The van der Waals surface area contributed by atoms with E-state index in [2.05, 4.69) is 22.2 Å². The highest BCUT2D eigenvalue weighted by molar-refractivity contribution is 5.92. The molecular weight excluding hydrogens is 277 g/mol. The van der Waals surface area contributed by atoms with Crippen LogP contribution in [0.4, 0.5) is 10.1 Å². The molecule has 2 aromatic heterocycles. The first-order valence-electron chi connectivity index (χ1n) is 7.41. The fraction of sp³-hybridized carbons (Fsp3) is 0.222. The van der Waals surface area contributed by atoms with Gasteiger partial charge in [0.25, 0.3) is 0 Å². The van der Waals surface area contributed by atoms with Crippen molar-refractivity contribution in [3.05, 3.63) is 65.9 Å². The summed E-state index contributed by atoms with van der Waals surface area (Å²) in [6.45, 7) is 4.00. The largest absolute Gasteiger partial charge is 0.378 e. The highest BCUT2D eigenvalue weighted by Gasteiger charge is 2.13. The minimum Gasteiger partial charge on any atom is -0.378 e. The average Bonchev–Trinajstić information content (AvgIpc) is 2.54. The van der Waals surface area contributed by atoms with Crippen LogP contribution in [0.25, 0.3) is 10.9 Å². The molecule has 0 saturated carbocycles. The zero-order chi connectivity index (χ0) is 15.5. The molecule has 3 rings (SSSR count). The van der Waals surface area contributed by atoms with Gasteiger partial charge < -0.3 is 5.32 Å². The standard InChI is InChI=1S/C18H18FN3/c1-3-16(13-7-9-20-10-8-13)22-17-11-12(2)21-18-14(17)5-4-6-15(18)19/h4-11,16H,3H2,1-2H3,(H,21,22). The molecule has 4 heteroatoms. The molecule has 0 saturated heterocycles. The van der Waals surface area contributed by atoms with E-state index in [-0.39, 0.29) is 11.9 Å². The van der Waals surface area contributed by atoms with Crippen LogP contribution < -0.4 is 5.32 Å². The number of nitrogens with zero attached hydrogens (tertiary/aromatic N) is 2. The molecule has 0 aliphatic carbocycles. The first kappa shape index (κ1) is 14.4. The van der Waals surface area contributed by atoms with Crippen LogP contribution in [0, 0.1) is 12.7 Å². The number of anilines is 1. The fourth-order valence-corrected chi connectivity index (χ4v) is 2.67. The smallest absolute Gasteiger partial charge is 0.149 e. The SMILES string of the molecule is CCC(Nc1cc(C)nc2c(F)cccc12)c1ccncc1. The summed E-state index contributed by atoms with van der Waals surface area (Å²) in [6, 6.07) is 11.2. The van der Waals surface area contributed by atoms with Crippen LogP contribution in [-0.4, -0.2) is 9.97 Å². The number of aryl methyl sites for hydroxylation is 1. The van der Waals surface area contributed by atoms with Gasteiger partial charge in [0.2, 0.25) is 0 Å². The van der Waals surface area contributed by atoms with E-state index in [9.17, 15) is 4.39 Å². The van der Waals surface area contributed by atoms with Gasteiger partial charge in [-0.25, -0.2) is 9.37 Å². The summed E-state index contributed by atoms with van der Waals surface area (Å²) in [5.41, 5.74) is 3.28. The molecule has 1 unspecified atom stereocenters. The van der Waals surface area contributed by atoms with E-state index >= 15 is 0 Å². The van der Waals surface area contributed by atoms with Gasteiger partial charge in [0, 0.05) is 29.2 Å². The summed E-state index contributed by atoms with van der Waals surface area (Å²) in [5, 5.41) is 4.33. The topological polar surface area (TPSA) is 37.8 Å². The van der Waals surface area contributed by atoms with Gasteiger partial charge in [-0.05, 0) is 43.2 Å². The number of hydrogen-bond donors (Lipinski definition) is 1. The Morgan fingerprint density at radius 1 is 1.18 bits per heavy atom. The maximum Gasteiger partial charge on any atom is 0.149 e. The van der Waals surface area contributed by atoms with E-state index in [1.54, 1.807) is 18.5 Å². The molecular formula is C18H18FN3. The maximum absolute atomic E-state index is 14.0. The number of rotatable bonds is 4. The summed E-state index contributed by atoms with van der Waals surface area (Å²) in [7, 11) is 0. The van der Waals surface area contributed by atoms with Crippen molar-refractivity contribution in [2.75, 3.05) is 5.32 Å². The molecule has 1 aromatic carbocycles. The number of para-hydroxylation sites is 1. The second kappa shape index (κ2) is 6.10. The molecule has 2 heterocycles. The lowest BCUT2D eigenvalue weighted by molar-refractivity contribution is 0.636. The van der Waals surface area contributed by atoms with E-state index < -0.39 is 0 Å². The van der Waals surface area contributed by atoms with Crippen molar-refractivity contribution in [3.63, 3.8) is 0 Å². The van der Waals surface area contributed by atoms with Crippen LogP contribution in [0.5, 0.6) is 0 Å². The molecule has 0 spiro atoms. The minimum atomic E-state index is -0.291. The maximum atomic E-state index is 14.0. The Morgan fingerprint density at radius 3 is 2.68 bits per heavy atom. The Morgan fingerprint density at radius 2 is 1.95 bits per heavy atom. The zero-order valence-electron chi connectivity index (χ0n) is 12.7. The van der Waals surface area contributed by atoms with Crippen LogP contribution in [0.3, 0.4) is 0 Å². The van der Waals surface area contributed by atoms with Crippen LogP contribution in [0.1, 0.15) is 30.6 Å². The van der Waals surface area contributed by atoms with Gasteiger partial charge in [-0.1, -0.05) is 19.1 Å². The second-order valence-electron chi connectivity index (χ2n) is 5.33. The molecule has 0 aliphatic rings. The van der Waals surface area contributed by atoms with Crippen molar-refractivity contribution in [3.8, 4) is 0 Å². The summed E-state index contributed by atoms with van der Waals surface area (Å²) in [6.07, 6.45) is 4.49. The van der Waals surface area contributed by atoms with E-state index in [0.29, 0.717) is 5.52 Å². The Bertz CT molecular complexity index is 787. The minimum absolute atomic E-state index is 0.149. The molecule has 22 heavy (non-hydrogen) atoms. The third kappa shape index (κ3) is 2.77. The molecule has 112 valence electrons. The monoisotopic (exact) mass is 295 g/mol. The third-order valence-electron chi connectivity index (χ3n) is 3.76. The van der Waals surface area contributed by atoms with Gasteiger partial charge in [-0.3, -0.25) is 4.98 Å². The number of fused-ring (bicyclic) bond motifs is 1. The lowest BCUT2D eigenvalue weighted by atomic mass is 10.0. The normalized spacial score (nSPS) is 12.3. The van der Waals surface area contributed by atoms with Gasteiger partial charge in [-0.15, -0.1) is 0 Å². The predicted molar refractivity (Wildman–Crippen MR) is 87.3 cm³/mol. The third-order valence-corrected chi connectivity index (χ3v) is 3.76. The second-order valence-corrected chi connectivity index (χ2v) is 5.33. The lowest BCUT2D eigenvalue weighted by Crippen LogP contribution is -2.10.